The van der Waals surface area contributed by atoms with Crippen LogP contribution in [0.15, 0.2) is 0 Å². The van der Waals surface area contributed by atoms with Gasteiger partial charge in [0.1, 0.15) is 0 Å². The van der Waals surface area contributed by atoms with E-state index in [1.165, 1.54) is 6.42 Å². The normalized spacial score (nSPS) is 33.7. The molecule has 2 atom stereocenters. The second kappa shape index (κ2) is 5.32. The van der Waals surface area contributed by atoms with Crippen molar-refractivity contribution in [3.8, 4) is 0 Å². The zero-order valence-electron chi connectivity index (χ0n) is 14.1. The van der Waals surface area contributed by atoms with Crippen molar-refractivity contribution in [2.45, 2.75) is 91.9 Å². The van der Waals surface area contributed by atoms with Crippen molar-refractivity contribution in [1.29, 1.82) is 0 Å². The fourth-order valence-corrected chi connectivity index (χ4v) is 4.79. The van der Waals surface area contributed by atoms with E-state index in [1.807, 2.05) is 0 Å². The highest BCUT2D eigenvalue weighted by Gasteiger charge is 2.46. The third-order valence-corrected chi connectivity index (χ3v) is 4.92. The molecule has 0 bridgehead atoms. The van der Waals surface area contributed by atoms with Crippen molar-refractivity contribution < 1.29 is 4.79 Å². The molecule has 2 fully saturated rings. The van der Waals surface area contributed by atoms with Crippen LogP contribution in [0.3, 0.4) is 0 Å². The highest BCUT2D eigenvalue weighted by atomic mass is 16.2. The molecule has 20 heavy (non-hydrogen) atoms. The molecule has 2 aliphatic rings. The summed E-state index contributed by atoms with van der Waals surface area (Å²) in [7, 11) is 0. The molecule has 2 unspecified atom stereocenters. The Morgan fingerprint density at radius 2 is 1.75 bits per heavy atom. The van der Waals surface area contributed by atoms with Crippen LogP contribution in [0.4, 0.5) is 0 Å². The Labute approximate surface area is 124 Å². The zero-order valence-corrected chi connectivity index (χ0v) is 14.1. The number of nitrogens with zero attached hydrogens (tertiary/aromatic N) is 1. The first-order chi connectivity index (χ1) is 9.15. The van der Waals surface area contributed by atoms with Crippen LogP contribution >= 0.6 is 0 Å². The Kier molecular flexibility index (Phi) is 4.21. The highest BCUT2D eigenvalue weighted by Crippen LogP contribution is 2.47. The van der Waals surface area contributed by atoms with Crippen LogP contribution in [0.25, 0.3) is 0 Å². The van der Waals surface area contributed by atoms with Crippen LogP contribution in [0.2, 0.25) is 0 Å². The van der Waals surface area contributed by atoms with Crippen molar-refractivity contribution in [1.82, 2.24) is 10.2 Å². The number of rotatable bonds is 3. The molecule has 3 nitrogen and oxygen atoms in total. The average molecular weight is 280 g/mol. The number of nitrogens with one attached hydrogen (secondary N) is 1. The third kappa shape index (κ3) is 3.19. The van der Waals surface area contributed by atoms with Crippen molar-refractivity contribution in [2.75, 3.05) is 0 Å². The van der Waals surface area contributed by atoms with Gasteiger partial charge in [-0.3, -0.25) is 10.1 Å². The van der Waals surface area contributed by atoms with Crippen LogP contribution in [-0.4, -0.2) is 29.1 Å². The molecular formula is C17H32N2O. The van der Waals surface area contributed by atoms with E-state index in [9.17, 15) is 4.79 Å². The monoisotopic (exact) mass is 280 g/mol. The zero-order chi connectivity index (χ0) is 15.1. The standard InChI is InChI=1S/C17H32N2O/c1-7-8-14-15(20)19(12(2)18-14)13-9-16(3,4)11-17(5,6)10-13/h12-14,18H,7-11H2,1-6H3. The van der Waals surface area contributed by atoms with Gasteiger partial charge in [0.05, 0.1) is 12.2 Å². The van der Waals surface area contributed by atoms with E-state index in [0.29, 0.717) is 22.8 Å². The summed E-state index contributed by atoms with van der Waals surface area (Å²) in [4.78, 5) is 14.8. The molecular weight excluding hydrogens is 248 g/mol. The largest absolute Gasteiger partial charge is 0.323 e. The van der Waals surface area contributed by atoms with E-state index in [2.05, 4.69) is 51.8 Å². The molecule has 3 heteroatoms. The van der Waals surface area contributed by atoms with E-state index in [-0.39, 0.29) is 12.2 Å². The first-order valence-electron chi connectivity index (χ1n) is 8.23. The molecule has 1 aliphatic carbocycles. The van der Waals surface area contributed by atoms with Gasteiger partial charge in [-0.1, -0.05) is 41.0 Å². The first-order valence-corrected chi connectivity index (χ1v) is 8.23. The van der Waals surface area contributed by atoms with Crippen LogP contribution in [-0.2, 0) is 4.79 Å². The highest BCUT2D eigenvalue weighted by molar-refractivity contribution is 5.84. The minimum Gasteiger partial charge on any atom is -0.323 e. The lowest BCUT2D eigenvalue weighted by molar-refractivity contribution is -0.134. The Hall–Kier alpha value is -0.570. The summed E-state index contributed by atoms with van der Waals surface area (Å²) in [5.74, 6) is 0.331. The summed E-state index contributed by atoms with van der Waals surface area (Å²) < 4.78 is 0. The predicted molar refractivity (Wildman–Crippen MR) is 83.3 cm³/mol. The van der Waals surface area contributed by atoms with E-state index in [4.69, 9.17) is 0 Å². The van der Waals surface area contributed by atoms with E-state index >= 15 is 0 Å². The quantitative estimate of drug-likeness (QED) is 0.857. The smallest absolute Gasteiger partial charge is 0.241 e. The van der Waals surface area contributed by atoms with Gasteiger partial charge in [-0.25, -0.2) is 0 Å². The van der Waals surface area contributed by atoms with Crippen LogP contribution in [0.5, 0.6) is 0 Å². The van der Waals surface area contributed by atoms with E-state index < -0.39 is 0 Å². The number of carbonyl (C=O) groups excluding carboxylic acids is 1. The van der Waals surface area contributed by atoms with Crippen molar-refractivity contribution in [2.24, 2.45) is 10.8 Å². The maximum absolute atomic E-state index is 12.7. The van der Waals surface area contributed by atoms with Gasteiger partial charge in [0, 0.05) is 6.04 Å². The Balaban J connectivity index is 2.16. The molecule has 1 saturated carbocycles. The third-order valence-electron chi connectivity index (χ3n) is 4.92. The lowest BCUT2D eigenvalue weighted by Crippen LogP contribution is -2.50. The minimum absolute atomic E-state index is 0.0446. The van der Waals surface area contributed by atoms with E-state index in [0.717, 1.165) is 25.7 Å². The molecule has 1 heterocycles. The average Bonchev–Trinajstić information content (AvgIpc) is 2.50. The minimum atomic E-state index is 0.0446. The van der Waals surface area contributed by atoms with Crippen molar-refractivity contribution in [3.63, 3.8) is 0 Å². The molecule has 1 amide bonds. The van der Waals surface area contributed by atoms with Crippen molar-refractivity contribution >= 4 is 5.91 Å². The van der Waals surface area contributed by atoms with Gasteiger partial charge in [-0.2, -0.15) is 0 Å². The molecule has 0 spiro atoms. The molecule has 1 saturated heterocycles. The lowest BCUT2D eigenvalue weighted by Gasteiger charge is -2.48. The molecule has 116 valence electrons. The Morgan fingerprint density at radius 3 is 2.25 bits per heavy atom. The van der Waals surface area contributed by atoms with Gasteiger partial charge < -0.3 is 4.90 Å². The van der Waals surface area contributed by atoms with Crippen molar-refractivity contribution in [3.05, 3.63) is 0 Å². The van der Waals surface area contributed by atoms with Gasteiger partial charge in [-0.15, -0.1) is 0 Å². The topological polar surface area (TPSA) is 32.3 Å². The maximum Gasteiger partial charge on any atom is 0.241 e. The van der Waals surface area contributed by atoms with Crippen LogP contribution in [0.1, 0.15) is 73.6 Å². The number of amides is 1. The van der Waals surface area contributed by atoms with Gasteiger partial charge in [0.15, 0.2) is 0 Å². The lowest BCUT2D eigenvalue weighted by atomic mass is 9.63. The van der Waals surface area contributed by atoms with E-state index in [1.54, 1.807) is 0 Å². The number of hydrogen-bond donors (Lipinski definition) is 1. The SMILES string of the molecule is CCCC1NC(C)N(C2CC(C)(C)CC(C)(C)C2)C1=O. The van der Waals surface area contributed by atoms with Gasteiger partial charge in [0.25, 0.3) is 0 Å². The molecule has 0 radical (unpaired) electrons. The number of hydrogen-bond acceptors (Lipinski definition) is 2. The summed E-state index contributed by atoms with van der Waals surface area (Å²) in [5, 5.41) is 3.48. The number of carbonyl (C=O) groups is 1. The predicted octanol–water partition coefficient (Wildman–Crippen LogP) is 3.54. The Bertz CT molecular complexity index is 359. The molecule has 2 rings (SSSR count). The molecule has 0 aromatic carbocycles. The maximum atomic E-state index is 12.7. The van der Waals surface area contributed by atoms with Crippen LogP contribution < -0.4 is 5.32 Å². The summed E-state index contributed by atoms with van der Waals surface area (Å²) in [6.07, 6.45) is 5.72. The fraction of sp³-hybridized carbons (Fsp3) is 0.941. The molecule has 1 N–H and O–H groups in total. The molecule has 0 aromatic rings. The molecule has 1 aliphatic heterocycles. The summed E-state index contributed by atoms with van der Waals surface area (Å²) in [6.45, 7) is 13.7. The first kappa shape index (κ1) is 15.8. The van der Waals surface area contributed by atoms with Gasteiger partial charge in [-0.05, 0) is 43.4 Å². The summed E-state index contributed by atoms with van der Waals surface area (Å²) >= 11 is 0. The second-order valence-electron chi connectivity index (χ2n) is 8.50. The fourth-order valence-electron chi connectivity index (χ4n) is 4.79. The van der Waals surface area contributed by atoms with Crippen LogP contribution in [0, 0.1) is 10.8 Å². The summed E-state index contributed by atoms with van der Waals surface area (Å²) in [5.41, 5.74) is 0.657. The second-order valence-corrected chi connectivity index (χ2v) is 8.50. The molecule has 0 aromatic heterocycles. The van der Waals surface area contributed by atoms with Gasteiger partial charge in [0.2, 0.25) is 5.91 Å². The van der Waals surface area contributed by atoms with Gasteiger partial charge >= 0.3 is 0 Å². The summed E-state index contributed by atoms with van der Waals surface area (Å²) in [6, 6.07) is 0.439. The Morgan fingerprint density at radius 1 is 1.20 bits per heavy atom.